The van der Waals surface area contributed by atoms with Crippen LogP contribution in [0.15, 0.2) is 0 Å². The minimum absolute atomic E-state index is 0.167. The molecule has 0 radical (unpaired) electrons. The first kappa shape index (κ1) is 12.3. The number of ketones is 1. The second kappa shape index (κ2) is 5.37. The van der Waals surface area contributed by atoms with E-state index < -0.39 is 10.1 Å². The molecule has 62 valence electrons. The van der Waals surface area contributed by atoms with Gasteiger partial charge in [-0.15, -0.1) is 0 Å². The normalized spacial score (nSPS) is 9.60. The van der Waals surface area contributed by atoms with Crippen LogP contribution in [0.1, 0.15) is 20.8 Å². The minimum atomic E-state index is -3.66. The Morgan fingerprint density at radius 3 is 1.50 bits per heavy atom. The van der Waals surface area contributed by atoms with E-state index in [1.807, 2.05) is 0 Å². The molecule has 0 bridgehead atoms. The molecule has 0 aliphatic rings. The summed E-state index contributed by atoms with van der Waals surface area (Å²) in [5.41, 5.74) is 0. The van der Waals surface area contributed by atoms with E-state index in [-0.39, 0.29) is 11.5 Å². The molecule has 0 aromatic rings. The molecule has 0 amide bonds. The molecule has 0 fully saturated rings. The molecule has 0 saturated carbocycles. The fourth-order valence-corrected chi connectivity index (χ4v) is 0. The highest BCUT2D eigenvalue weighted by atomic mass is 32.2. The van der Waals surface area contributed by atoms with Gasteiger partial charge in [-0.25, -0.2) is 0 Å². The summed E-state index contributed by atoms with van der Waals surface area (Å²) >= 11 is 0. The van der Waals surface area contributed by atoms with Crippen molar-refractivity contribution in [3.8, 4) is 0 Å². The molecule has 0 aromatic heterocycles. The zero-order chi connectivity index (χ0) is 8.78. The monoisotopic (exact) mass is 168 g/mol. The fraction of sp³-hybridized carbons (Fsp3) is 0.800. The van der Waals surface area contributed by atoms with Gasteiger partial charge >= 0.3 is 0 Å². The Morgan fingerprint density at radius 2 is 1.50 bits per heavy atom. The van der Waals surface area contributed by atoms with Gasteiger partial charge in [0, 0.05) is 0 Å². The number of hydrogen-bond acceptors (Lipinski definition) is 3. The number of Topliss-reactive ketones (excluding diaryl/α,β-unsaturated/α-hetero) is 1. The van der Waals surface area contributed by atoms with Crippen LogP contribution in [0.5, 0.6) is 0 Å². The molecule has 4 nitrogen and oxygen atoms in total. The molecule has 0 unspecified atom stereocenters. The van der Waals surface area contributed by atoms with Crippen LogP contribution >= 0.6 is 0 Å². The second-order valence-electron chi connectivity index (χ2n) is 1.78. The molecule has 0 aliphatic heterocycles. The van der Waals surface area contributed by atoms with Crippen molar-refractivity contribution >= 4 is 15.9 Å². The lowest BCUT2D eigenvalue weighted by molar-refractivity contribution is -0.114. The number of rotatable bonds is 1. The van der Waals surface area contributed by atoms with Gasteiger partial charge in [0.2, 0.25) is 0 Å². The summed E-state index contributed by atoms with van der Waals surface area (Å²) in [5, 5.41) is 0. The fourth-order valence-electron chi connectivity index (χ4n) is 0. The topological polar surface area (TPSA) is 71.4 Å². The first-order chi connectivity index (χ1) is 4.29. The third-order valence-corrected chi connectivity index (χ3v) is 1.09. The summed E-state index contributed by atoms with van der Waals surface area (Å²) in [6, 6.07) is 0. The standard InChI is InChI=1S/C3H6O.C2H6O3S/c1-3(2)4;1-2-6(3,4)5/h1-2H3;2H2,1H3,(H,3,4,5). The zero-order valence-electron chi connectivity index (χ0n) is 6.29. The first-order valence-corrected chi connectivity index (χ1v) is 4.32. The second-order valence-corrected chi connectivity index (χ2v) is 3.52. The Hall–Kier alpha value is -0.420. The van der Waals surface area contributed by atoms with Crippen LogP contribution in [0.25, 0.3) is 0 Å². The van der Waals surface area contributed by atoms with Gasteiger partial charge in [-0.2, -0.15) is 8.42 Å². The molecular weight excluding hydrogens is 156 g/mol. The zero-order valence-corrected chi connectivity index (χ0v) is 7.10. The van der Waals surface area contributed by atoms with E-state index in [1.54, 1.807) is 0 Å². The predicted molar refractivity (Wildman–Crippen MR) is 38.4 cm³/mol. The maximum atomic E-state index is 9.56. The molecule has 5 heteroatoms. The quantitative estimate of drug-likeness (QED) is 0.578. The SMILES string of the molecule is CC(C)=O.CCS(=O)(=O)O. The third-order valence-electron chi connectivity index (χ3n) is 0.365. The molecule has 0 spiro atoms. The van der Waals surface area contributed by atoms with Crippen molar-refractivity contribution in [2.24, 2.45) is 0 Å². The van der Waals surface area contributed by atoms with E-state index in [4.69, 9.17) is 4.55 Å². The Bertz CT molecular complexity index is 176. The summed E-state index contributed by atoms with van der Waals surface area (Å²) in [6.45, 7) is 4.43. The van der Waals surface area contributed by atoms with Crippen LogP contribution < -0.4 is 0 Å². The lowest BCUT2D eigenvalue weighted by Gasteiger charge is -1.79. The van der Waals surface area contributed by atoms with Crippen molar-refractivity contribution in [2.45, 2.75) is 20.8 Å². The summed E-state index contributed by atoms with van der Waals surface area (Å²) < 4.78 is 26.9. The van der Waals surface area contributed by atoms with Gasteiger partial charge < -0.3 is 4.79 Å². The molecule has 0 heterocycles. The largest absolute Gasteiger partial charge is 0.300 e. The van der Waals surface area contributed by atoms with Crippen LogP contribution in [0, 0.1) is 0 Å². The number of carbonyl (C=O) groups is 1. The summed E-state index contributed by atoms with van der Waals surface area (Å²) in [4.78, 5) is 9.44. The van der Waals surface area contributed by atoms with Gasteiger partial charge in [0.1, 0.15) is 5.78 Å². The Kier molecular flexibility index (Phi) is 6.59. The molecule has 0 rings (SSSR count). The molecule has 1 N–H and O–H groups in total. The van der Waals surface area contributed by atoms with Gasteiger partial charge in [-0.05, 0) is 20.8 Å². The van der Waals surface area contributed by atoms with Gasteiger partial charge in [-0.3, -0.25) is 4.55 Å². The van der Waals surface area contributed by atoms with E-state index >= 15 is 0 Å². The van der Waals surface area contributed by atoms with Crippen LogP contribution in [0.2, 0.25) is 0 Å². The van der Waals surface area contributed by atoms with Crippen LogP contribution in [0.3, 0.4) is 0 Å². The maximum absolute atomic E-state index is 9.56. The minimum Gasteiger partial charge on any atom is -0.300 e. The highest BCUT2D eigenvalue weighted by Gasteiger charge is 1.93. The number of carbonyl (C=O) groups excluding carboxylic acids is 1. The van der Waals surface area contributed by atoms with Crippen molar-refractivity contribution in [3.05, 3.63) is 0 Å². The van der Waals surface area contributed by atoms with E-state index in [0.29, 0.717) is 0 Å². The third kappa shape index (κ3) is 49.3. The van der Waals surface area contributed by atoms with Gasteiger partial charge in [0.05, 0.1) is 5.75 Å². The Balaban J connectivity index is 0. The maximum Gasteiger partial charge on any atom is 0.264 e. The average Bonchev–Trinajstić information content (AvgIpc) is 1.63. The van der Waals surface area contributed by atoms with Crippen molar-refractivity contribution in [2.75, 3.05) is 5.75 Å². The highest BCUT2D eigenvalue weighted by Crippen LogP contribution is 1.74. The van der Waals surface area contributed by atoms with E-state index in [1.165, 1.54) is 20.8 Å². The van der Waals surface area contributed by atoms with Crippen molar-refractivity contribution in [1.29, 1.82) is 0 Å². The molecule has 0 saturated heterocycles. The molecule has 0 atom stereocenters. The van der Waals surface area contributed by atoms with Crippen molar-refractivity contribution in [3.63, 3.8) is 0 Å². The van der Waals surface area contributed by atoms with Crippen molar-refractivity contribution < 1.29 is 17.8 Å². The lowest BCUT2D eigenvalue weighted by atomic mass is 10.6. The summed E-state index contributed by atoms with van der Waals surface area (Å²) in [7, 11) is -3.66. The van der Waals surface area contributed by atoms with Crippen LogP contribution in [0.4, 0.5) is 0 Å². The van der Waals surface area contributed by atoms with Crippen LogP contribution in [-0.4, -0.2) is 24.5 Å². The van der Waals surface area contributed by atoms with Gasteiger partial charge in [0.25, 0.3) is 10.1 Å². The molecular formula is C5H12O4S. The van der Waals surface area contributed by atoms with E-state index in [9.17, 15) is 13.2 Å². The highest BCUT2D eigenvalue weighted by molar-refractivity contribution is 7.85. The van der Waals surface area contributed by atoms with Crippen LogP contribution in [-0.2, 0) is 14.9 Å². The van der Waals surface area contributed by atoms with Gasteiger partial charge in [0.15, 0.2) is 0 Å². The summed E-state index contributed by atoms with van der Waals surface area (Å²) in [6.07, 6.45) is 0. The Morgan fingerprint density at radius 1 is 1.40 bits per heavy atom. The van der Waals surface area contributed by atoms with E-state index in [0.717, 1.165) is 0 Å². The van der Waals surface area contributed by atoms with Crippen molar-refractivity contribution in [1.82, 2.24) is 0 Å². The molecule has 10 heavy (non-hydrogen) atoms. The Labute approximate surface area is 61.0 Å². The van der Waals surface area contributed by atoms with E-state index in [2.05, 4.69) is 0 Å². The smallest absolute Gasteiger partial charge is 0.264 e. The molecule has 0 aromatic carbocycles. The van der Waals surface area contributed by atoms with Gasteiger partial charge in [-0.1, -0.05) is 0 Å². The number of hydrogen-bond donors (Lipinski definition) is 1. The first-order valence-electron chi connectivity index (χ1n) is 2.72. The predicted octanol–water partition coefficient (Wildman–Crippen LogP) is 0.489. The molecule has 0 aliphatic carbocycles. The average molecular weight is 168 g/mol. The lowest BCUT2D eigenvalue weighted by Crippen LogP contribution is -1.97. The summed E-state index contributed by atoms with van der Waals surface area (Å²) in [5.74, 6) is -0.0347.